The molecular formula is C28H31N5O3. The van der Waals surface area contributed by atoms with E-state index in [1.807, 2.05) is 47.1 Å². The number of ether oxygens (including phenoxy) is 2. The summed E-state index contributed by atoms with van der Waals surface area (Å²) in [6.07, 6.45) is 6.00. The molecule has 3 heterocycles. The third-order valence-corrected chi connectivity index (χ3v) is 6.77. The van der Waals surface area contributed by atoms with Crippen molar-refractivity contribution in [1.82, 2.24) is 19.9 Å². The number of aromatic nitrogens is 3. The second-order valence-corrected chi connectivity index (χ2v) is 8.97. The van der Waals surface area contributed by atoms with Crippen LogP contribution in [0.2, 0.25) is 0 Å². The maximum Gasteiger partial charge on any atom is 0.223 e. The lowest BCUT2D eigenvalue weighted by Crippen LogP contribution is -2.41. The van der Waals surface area contributed by atoms with Crippen molar-refractivity contribution in [3.63, 3.8) is 0 Å². The van der Waals surface area contributed by atoms with Crippen LogP contribution in [-0.4, -0.2) is 54.4 Å². The topological polar surface area (TPSA) is 81.0 Å². The minimum atomic E-state index is 0.0103. The van der Waals surface area contributed by atoms with Crippen molar-refractivity contribution >= 4 is 17.2 Å². The summed E-state index contributed by atoms with van der Waals surface area (Å²) in [6, 6.07) is 18.1. The number of hydrogen-bond acceptors (Lipinski definition) is 6. The number of hydrogen-bond donors (Lipinski definition) is 1. The van der Waals surface area contributed by atoms with Crippen LogP contribution >= 0.6 is 0 Å². The SMILES string of the molecule is COc1ccc(CCNC(=O)C2CCN(c3nccn4nc(-c5ccccc5)cc34)CC2)cc1OC. The third-order valence-electron chi connectivity index (χ3n) is 6.77. The van der Waals surface area contributed by atoms with Crippen molar-refractivity contribution in [2.24, 2.45) is 5.92 Å². The van der Waals surface area contributed by atoms with E-state index in [9.17, 15) is 4.79 Å². The zero-order chi connectivity index (χ0) is 24.9. The molecule has 0 unspecified atom stereocenters. The van der Waals surface area contributed by atoms with E-state index in [0.717, 1.165) is 60.5 Å². The number of amides is 1. The Hall–Kier alpha value is -4.07. The van der Waals surface area contributed by atoms with Gasteiger partial charge in [0, 0.05) is 43.5 Å². The zero-order valence-electron chi connectivity index (χ0n) is 20.7. The van der Waals surface area contributed by atoms with Crippen LogP contribution in [0, 0.1) is 5.92 Å². The van der Waals surface area contributed by atoms with Crippen LogP contribution in [0.15, 0.2) is 67.0 Å². The molecule has 0 atom stereocenters. The molecule has 1 amide bonds. The molecule has 2 aromatic carbocycles. The fraction of sp³-hybridized carbons (Fsp3) is 0.321. The number of piperidine rings is 1. The van der Waals surface area contributed by atoms with Gasteiger partial charge in [0.25, 0.3) is 0 Å². The monoisotopic (exact) mass is 485 g/mol. The molecule has 8 nitrogen and oxygen atoms in total. The van der Waals surface area contributed by atoms with Crippen molar-refractivity contribution in [1.29, 1.82) is 0 Å². The van der Waals surface area contributed by atoms with Gasteiger partial charge in [0.05, 0.1) is 19.9 Å². The maximum absolute atomic E-state index is 12.8. The van der Waals surface area contributed by atoms with Crippen LogP contribution in [0.5, 0.6) is 11.5 Å². The van der Waals surface area contributed by atoms with Gasteiger partial charge in [-0.2, -0.15) is 5.10 Å². The number of benzene rings is 2. The van der Waals surface area contributed by atoms with Crippen LogP contribution in [0.3, 0.4) is 0 Å². The number of anilines is 1. The smallest absolute Gasteiger partial charge is 0.223 e. The highest BCUT2D eigenvalue weighted by Gasteiger charge is 2.26. The van der Waals surface area contributed by atoms with Crippen LogP contribution < -0.4 is 19.7 Å². The zero-order valence-corrected chi connectivity index (χ0v) is 20.7. The van der Waals surface area contributed by atoms with Gasteiger partial charge in [-0.25, -0.2) is 9.50 Å². The fourth-order valence-electron chi connectivity index (χ4n) is 4.77. The second-order valence-electron chi connectivity index (χ2n) is 8.97. The Kier molecular flexibility index (Phi) is 7.02. The maximum atomic E-state index is 12.8. The first-order valence-electron chi connectivity index (χ1n) is 12.3. The van der Waals surface area contributed by atoms with E-state index in [1.165, 1.54) is 0 Å². The van der Waals surface area contributed by atoms with E-state index in [1.54, 1.807) is 20.4 Å². The first kappa shape index (κ1) is 23.7. The first-order chi connectivity index (χ1) is 17.7. The molecule has 186 valence electrons. The molecule has 1 N–H and O–H groups in total. The highest BCUT2D eigenvalue weighted by Crippen LogP contribution is 2.29. The number of carbonyl (C=O) groups excluding carboxylic acids is 1. The Balaban J connectivity index is 1.17. The van der Waals surface area contributed by atoms with Crippen LogP contribution in [0.4, 0.5) is 5.82 Å². The lowest BCUT2D eigenvalue weighted by Gasteiger charge is -2.32. The number of carbonyl (C=O) groups is 1. The van der Waals surface area contributed by atoms with Crippen molar-refractivity contribution in [2.75, 3.05) is 38.8 Å². The number of rotatable bonds is 8. The average molecular weight is 486 g/mol. The Bertz CT molecular complexity index is 1330. The summed E-state index contributed by atoms with van der Waals surface area (Å²) in [5.74, 6) is 2.45. The van der Waals surface area contributed by atoms with Gasteiger partial charge in [0.15, 0.2) is 17.3 Å². The minimum Gasteiger partial charge on any atom is -0.493 e. The van der Waals surface area contributed by atoms with Gasteiger partial charge in [-0.1, -0.05) is 36.4 Å². The number of fused-ring (bicyclic) bond motifs is 1. The van der Waals surface area contributed by atoms with Gasteiger partial charge < -0.3 is 19.7 Å². The largest absolute Gasteiger partial charge is 0.493 e. The average Bonchev–Trinajstić information content (AvgIpc) is 3.38. The highest BCUT2D eigenvalue weighted by molar-refractivity contribution is 5.79. The quantitative estimate of drug-likeness (QED) is 0.407. The molecule has 0 aliphatic carbocycles. The van der Waals surface area contributed by atoms with Gasteiger partial charge in [0.2, 0.25) is 5.91 Å². The van der Waals surface area contributed by atoms with Crippen LogP contribution in [0.25, 0.3) is 16.8 Å². The lowest BCUT2D eigenvalue weighted by molar-refractivity contribution is -0.125. The first-order valence-corrected chi connectivity index (χ1v) is 12.3. The molecule has 36 heavy (non-hydrogen) atoms. The highest BCUT2D eigenvalue weighted by atomic mass is 16.5. The van der Waals surface area contributed by atoms with Gasteiger partial charge in [-0.05, 0) is 43.0 Å². The number of nitrogens with one attached hydrogen (secondary N) is 1. The van der Waals surface area contributed by atoms with Gasteiger partial charge in [-0.15, -0.1) is 0 Å². The summed E-state index contributed by atoms with van der Waals surface area (Å²) in [4.78, 5) is 19.7. The summed E-state index contributed by atoms with van der Waals surface area (Å²) in [5, 5.41) is 7.85. The summed E-state index contributed by atoms with van der Waals surface area (Å²) < 4.78 is 12.5. The standard InChI is InChI=1S/C28H31N5O3/c1-35-25-9-8-20(18-26(25)36-2)10-13-30-28(34)22-11-15-32(16-12-22)27-24-19-23(21-6-4-3-5-7-21)31-33(24)17-14-29-27/h3-9,14,17-19,22H,10-13,15-16H2,1-2H3,(H,30,34). The third kappa shape index (κ3) is 4.98. The molecule has 1 aliphatic heterocycles. The van der Waals surface area contributed by atoms with Crippen molar-refractivity contribution in [2.45, 2.75) is 19.3 Å². The Morgan fingerprint density at radius 3 is 2.56 bits per heavy atom. The number of nitrogens with zero attached hydrogens (tertiary/aromatic N) is 4. The van der Waals surface area contributed by atoms with E-state index in [2.05, 4.69) is 33.4 Å². The van der Waals surface area contributed by atoms with E-state index >= 15 is 0 Å². The Morgan fingerprint density at radius 1 is 1.03 bits per heavy atom. The van der Waals surface area contributed by atoms with Crippen molar-refractivity contribution in [3.8, 4) is 22.8 Å². The predicted molar refractivity (Wildman–Crippen MR) is 140 cm³/mol. The van der Waals surface area contributed by atoms with Crippen molar-refractivity contribution in [3.05, 3.63) is 72.6 Å². The normalized spacial score (nSPS) is 14.1. The Morgan fingerprint density at radius 2 is 1.81 bits per heavy atom. The van der Waals surface area contributed by atoms with E-state index in [-0.39, 0.29) is 11.8 Å². The molecule has 0 bridgehead atoms. The molecule has 1 aliphatic rings. The van der Waals surface area contributed by atoms with Gasteiger partial charge in [0.1, 0.15) is 5.52 Å². The number of methoxy groups -OCH3 is 2. The molecule has 0 spiro atoms. The molecule has 1 fully saturated rings. The molecular weight excluding hydrogens is 454 g/mol. The molecule has 4 aromatic rings. The van der Waals surface area contributed by atoms with Crippen LogP contribution in [-0.2, 0) is 11.2 Å². The van der Waals surface area contributed by atoms with Gasteiger partial charge in [-0.3, -0.25) is 4.79 Å². The lowest BCUT2D eigenvalue weighted by atomic mass is 9.95. The Labute approximate surface area is 210 Å². The second kappa shape index (κ2) is 10.7. The van der Waals surface area contributed by atoms with Crippen LogP contribution in [0.1, 0.15) is 18.4 Å². The van der Waals surface area contributed by atoms with Gasteiger partial charge >= 0.3 is 0 Å². The van der Waals surface area contributed by atoms with E-state index < -0.39 is 0 Å². The molecule has 2 aromatic heterocycles. The van der Waals surface area contributed by atoms with E-state index in [0.29, 0.717) is 18.0 Å². The molecule has 1 saturated heterocycles. The fourth-order valence-corrected chi connectivity index (χ4v) is 4.77. The minimum absolute atomic E-state index is 0.0103. The van der Waals surface area contributed by atoms with Crippen molar-refractivity contribution < 1.29 is 14.3 Å². The molecule has 0 saturated carbocycles. The summed E-state index contributed by atoms with van der Waals surface area (Å²) in [5.41, 5.74) is 4.08. The molecule has 8 heteroatoms. The molecule has 0 radical (unpaired) electrons. The summed E-state index contributed by atoms with van der Waals surface area (Å²) in [7, 11) is 3.25. The predicted octanol–water partition coefficient (Wildman–Crippen LogP) is 3.99. The molecule has 5 rings (SSSR count). The summed E-state index contributed by atoms with van der Waals surface area (Å²) >= 11 is 0. The summed E-state index contributed by atoms with van der Waals surface area (Å²) in [6.45, 7) is 2.16. The van der Waals surface area contributed by atoms with E-state index in [4.69, 9.17) is 14.6 Å².